The second kappa shape index (κ2) is 11.8. The first kappa shape index (κ1) is 23.0. The van der Waals surface area contributed by atoms with E-state index >= 15 is 0 Å². The van der Waals surface area contributed by atoms with E-state index in [0.717, 1.165) is 0 Å². The maximum atomic E-state index is 10.4. The zero-order valence-corrected chi connectivity index (χ0v) is 9.77. The van der Waals surface area contributed by atoms with Crippen molar-refractivity contribution in [2.24, 2.45) is 5.73 Å². The minimum atomic E-state index is -0.379. The van der Waals surface area contributed by atoms with Crippen LogP contribution in [0, 0.1) is 0 Å². The lowest BCUT2D eigenvalue weighted by molar-refractivity contribution is 0.100. The normalized spacial score (nSPS) is 6.15. The minimum absolute atomic E-state index is 0. The summed E-state index contributed by atoms with van der Waals surface area (Å²) >= 11 is 0. The van der Waals surface area contributed by atoms with Crippen molar-refractivity contribution in [1.82, 2.24) is 0 Å². The van der Waals surface area contributed by atoms with Crippen LogP contribution in [-0.4, -0.2) is 5.91 Å². The van der Waals surface area contributed by atoms with Gasteiger partial charge in [-0.1, -0.05) is 18.2 Å². The van der Waals surface area contributed by atoms with E-state index < -0.39 is 0 Å². The first-order valence-corrected chi connectivity index (χ1v) is 2.65. The Morgan fingerprint density at radius 1 is 0.923 bits per heavy atom. The van der Waals surface area contributed by atoms with E-state index in [-0.39, 0.29) is 55.5 Å². The van der Waals surface area contributed by atoms with Crippen molar-refractivity contribution >= 4 is 55.5 Å². The van der Waals surface area contributed by atoms with Crippen molar-refractivity contribution in [2.45, 2.75) is 0 Å². The maximum Gasteiger partial charge on any atom is 0.248 e. The van der Waals surface area contributed by atoms with E-state index in [4.69, 9.17) is 5.73 Å². The number of carbonyl (C=O) groups excluding carboxylic acids is 1. The summed E-state index contributed by atoms with van der Waals surface area (Å²) in [6, 6.07) is 8.76. The predicted molar refractivity (Wildman–Crippen MR) is 64.0 cm³/mol. The lowest BCUT2D eigenvalue weighted by Gasteiger charge is -1.89. The fourth-order valence-electron chi connectivity index (χ4n) is 0.602. The van der Waals surface area contributed by atoms with Crippen LogP contribution < -0.4 is 5.73 Å². The highest BCUT2D eigenvalue weighted by Gasteiger charge is 1.93. The molecule has 0 heterocycles. The van der Waals surface area contributed by atoms with Crippen LogP contribution in [0.25, 0.3) is 0 Å². The zero-order valence-electron chi connectivity index (χ0n) is 6.51. The van der Waals surface area contributed by atoms with Crippen molar-refractivity contribution in [3.63, 3.8) is 0 Å². The molecule has 1 rings (SSSR count). The van der Waals surface area contributed by atoms with Gasteiger partial charge in [0.15, 0.2) is 0 Å². The molecule has 13 heavy (non-hydrogen) atoms. The number of carbonyl (C=O) groups is 1. The van der Waals surface area contributed by atoms with Crippen LogP contribution in [0.3, 0.4) is 0 Å². The van der Waals surface area contributed by atoms with Crippen LogP contribution in [0.1, 0.15) is 10.4 Å². The number of nitrogens with two attached hydrogens (primary N) is 1. The van der Waals surface area contributed by atoms with Gasteiger partial charge in [0.05, 0.1) is 0 Å². The molecule has 6 heteroatoms. The summed E-state index contributed by atoms with van der Waals surface area (Å²) < 4.78 is 0. The molecule has 0 saturated heterocycles. The molecule has 0 fully saturated rings. The molecule has 1 aromatic carbocycles. The number of halogens is 4. The Morgan fingerprint density at radius 3 is 1.54 bits per heavy atom. The molecule has 0 aliphatic rings. The van der Waals surface area contributed by atoms with Crippen LogP contribution in [0.15, 0.2) is 30.3 Å². The van der Waals surface area contributed by atoms with Gasteiger partial charge in [0.1, 0.15) is 0 Å². The second-order valence-electron chi connectivity index (χ2n) is 1.73. The molecular weight excluding hydrogens is 256 g/mol. The molecule has 0 aliphatic carbocycles. The molecule has 0 atom stereocenters. The maximum absolute atomic E-state index is 10.4. The first-order valence-electron chi connectivity index (χ1n) is 2.65. The Hall–Kier alpha value is -0.150. The summed E-state index contributed by atoms with van der Waals surface area (Å²) in [5.74, 6) is -0.379. The van der Waals surface area contributed by atoms with Crippen molar-refractivity contribution in [2.75, 3.05) is 0 Å². The summed E-state index contributed by atoms with van der Waals surface area (Å²) in [6.45, 7) is 0. The summed E-state index contributed by atoms with van der Waals surface area (Å²) in [5.41, 5.74) is 5.53. The Balaban J connectivity index is -0.000000101. The Labute approximate surface area is 102 Å². The highest BCUT2D eigenvalue weighted by molar-refractivity contribution is 5.92. The molecule has 2 N–H and O–H groups in total. The van der Waals surface area contributed by atoms with Gasteiger partial charge in [-0.3, -0.25) is 4.79 Å². The highest BCUT2D eigenvalue weighted by atomic mass is 35.5. The summed E-state index contributed by atoms with van der Waals surface area (Å²) in [6.07, 6.45) is 0. The van der Waals surface area contributed by atoms with Crippen LogP contribution in [0.2, 0.25) is 0 Å². The lowest BCUT2D eigenvalue weighted by Crippen LogP contribution is -2.09. The van der Waals surface area contributed by atoms with Crippen molar-refractivity contribution < 1.29 is 4.79 Å². The molecule has 0 radical (unpaired) electrons. The number of hydrogen-bond acceptors (Lipinski definition) is 1. The molecule has 1 aromatic rings. The average Bonchev–Trinajstić information content (AvgIpc) is 1.90. The van der Waals surface area contributed by atoms with Crippen LogP contribution in [0.5, 0.6) is 0 Å². The van der Waals surface area contributed by atoms with Gasteiger partial charge in [0.25, 0.3) is 0 Å². The summed E-state index contributed by atoms with van der Waals surface area (Å²) in [5, 5.41) is 0. The fourth-order valence-corrected chi connectivity index (χ4v) is 0.602. The third-order valence-corrected chi connectivity index (χ3v) is 1.06. The van der Waals surface area contributed by atoms with Crippen molar-refractivity contribution in [3.05, 3.63) is 35.9 Å². The van der Waals surface area contributed by atoms with Crippen molar-refractivity contribution in [3.8, 4) is 0 Å². The van der Waals surface area contributed by atoms with E-state index in [0.29, 0.717) is 5.56 Å². The van der Waals surface area contributed by atoms with Gasteiger partial charge < -0.3 is 5.73 Å². The fraction of sp³-hybridized carbons (Fsp3) is 0. The standard InChI is InChI=1S/C7H7NO.4ClH/c8-7(9)6-4-2-1-3-5-6;;;;/h1-5H,(H2,8,9);4*1H. The minimum Gasteiger partial charge on any atom is -0.366 e. The number of rotatable bonds is 1. The van der Waals surface area contributed by atoms with Gasteiger partial charge in [-0.15, -0.1) is 49.6 Å². The molecular formula is C7H11Cl4NO. The Bertz CT molecular complexity index is 217. The van der Waals surface area contributed by atoms with E-state index in [1.54, 1.807) is 24.3 Å². The van der Waals surface area contributed by atoms with Gasteiger partial charge in [-0.05, 0) is 12.1 Å². The second-order valence-corrected chi connectivity index (χ2v) is 1.73. The zero-order chi connectivity index (χ0) is 6.69. The number of hydrogen-bond donors (Lipinski definition) is 1. The third kappa shape index (κ3) is 8.19. The van der Waals surface area contributed by atoms with Gasteiger partial charge in [-0.2, -0.15) is 0 Å². The number of primary amides is 1. The van der Waals surface area contributed by atoms with E-state index in [2.05, 4.69) is 0 Å². The van der Waals surface area contributed by atoms with E-state index in [1.807, 2.05) is 6.07 Å². The number of amides is 1. The predicted octanol–water partition coefficient (Wildman–Crippen LogP) is 2.47. The average molecular weight is 267 g/mol. The SMILES string of the molecule is Cl.Cl.Cl.Cl.NC(=O)c1ccccc1. The molecule has 78 valence electrons. The molecule has 2 nitrogen and oxygen atoms in total. The summed E-state index contributed by atoms with van der Waals surface area (Å²) in [4.78, 5) is 10.4. The van der Waals surface area contributed by atoms with E-state index in [1.165, 1.54) is 0 Å². The van der Waals surface area contributed by atoms with Gasteiger partial charge in [-0.25, -0.2) is 0 Å². The quantitative estimate of drug-likeness (QED) is 0.834. The third-order valence-electron chi connectivity index (χ3n) is 1.06. The van der Waals surface area contributed by atoms with Crippen LogP contribution >= 0.6 is 49.6 Å². The van der Waals surface area contributed by atoms with Gasteiger partial charge in [0, 0.05) is 5.56 Å². The Morgan fingerprint density at radius 2 is 1.31 bits per heavy atom. The van der Waals surface area contributed by atoms with Crippen molar-refractivity contribution in [1.29, 1.82) is 0 Å². The molecule has 1 amide bonds. The molecule has 0 aromatic heterocycles. The summed E-state index contributed by atoms with van der Waals surface area (Å²) in [7, 11) is 0. The molecule has 0 spiro atoms. The monoisotopic (exact) mass is 265 g/mol. The number of benzene rings is 1. The van der Waals surface area contributed by atoms with Crippen LogP contribution in [0.4, 0.5) is 0 Å². The molecule has 0 saturated carbocycles. The van der Waals surface area contributed by atoms with Crippen LogP contribution in [-0.2, 0) is 0 Å². The lowest BCUT2D eigenvalue weighted by atomic mass is 10.2. The Kier molecular flexibility index (Phi) is 21.0. The largest absolute Gasteiger partial charge is 0.366 e. The molecule has 0 unspecified atom stereocenters. The van der Waals surface area contributed by atoms with Gasteiger partial charge >= 0.3 is 0 Å². The highest BCUT2D eigenvalue weighted by Crippen LogP contribution is 1.94. The topological polar surface area (TPSA) is 43.1 Å². The van der Waals surface area contributed by atoms with E-state index in [9.17, 15) is 4.79 Å². The first-order chi connectivity index (χ1) is 4.30. The molecule has 0 bridgehead atoms. The smallest absolute Gasteiger partial charge is 0.248 e. The van der Waals surface area contributed by atoms with Gasteiger partial charge in [0.2, 0.25) is 5.91 Å². The molecule has 0 aliphatic heterocycles.